The predicted molar refractivity (Wildman–Crippen MR) is 82.8 cm³/mol. The van der Waals surface area contributed by atoms with Gasteiger partial charge in [-0.1, -0.05) is 18.1 Å². The summed E-state index contributed by atoms with van der Waals surface area (Å²) >= 11 is 0. The molecular weight excluding hydrogens is 262 g/mol. The van der Waals surface area contributed by atoms with Crippen molar-refractivity contribution >= 4 is 16.9 Å². The van der Waals surface area contributed by atoms with Gasteiger partial charge in [0.05, 0.1) is 17.6 Å². The van der Waals surface area contributed by atoms with Gasteiger partial charge in [0.1, 0.15) is 5.82 Å². The third kappa shape index (κ3) is 2.29. The van der Waals surface area contributed by atoms with Crippen molar-refractivity contribution in [3.63, 3.8) is 0 Å². The van der Waals surface area contributed by atoms with Gasteiger partial charge in [0.2, 0.25) is 5.91 Å². The largest absolute Gasteiger partial charge is 0.340 e. The van der Waals surface area contributed by atoms with Crippen molar-refractivity contribution in [2.75, 3.05) is 6.54 Å². The molecule has 1 saturated heterocycles. The minimum Gasteiger partial charge on any atom is -0.340 e. The van der Waals surface area contributed by atoms with Crippen molar-refractivity contribution in [2.45, 2.75) is 38.8 Å². The van der Waals surface area contributed by atoms with E-state index >= 15 is 0 Å². The molecule has 4 heteroatoms. The van der Waals surface area contributed by atoms with Crippen LogP contribution in [0.3, 0.4) is 0 Å². The second-order valence-corrected chi connectivity index (χ2v) is 5.79. The summed E-state index contributed by atoms with van der Waals surface area (Å²) in [6, 6.07) is 8.21. The van der Waals surface area contributed by atoms with Crippen molar-refractivity contribution in [2.24, 2.45) is 0 Å². The number of para-hydroxylation sites is 2. The van der Waals surface area contributed by atoms with Gasteiger partial charge in [0, 0.05) is 24.9 Å². The lowest BCUT2D eigenvalue weighted by Crippen LogP contribution is -2.32. The molecule has 1 fully saturated rings. The molecule has 1 amide bonds. The van der Waals surface area contributed by atoms with E-state index in [-0.39, 0.29) is 17.9 Å². The summed E-state index contributed by atoms with van der Waals surface area (Å²) < 4.78 is 2.07. The lowest BCUT2D eigenvalue weighted by Gasteiger charge is -2.21. The van der Waals surface area contributed by atoms with Gasteiger partial charge in [-0.05, 0) is 26.0 Å². The standard InChI is InChI=1S/C17H19N3O/c1-4-9-19-15-8-6-5-7-14(15)18-17(19)13-10-16(21)20(11-13)12(2)3/h1,5-8,12-13H,9-11H2,2-3H3/t13-/m0/s1. The van der Waals surface area contributed by atoms with Gasteiger partial charge in [-0.25, -0.2) is 4.98 Å². The van der Waals surface area contributed by atoms with Crippen LogP contribution in [-0.4, -0.2) is 32.9 Å². The van der Waals surface area contributed by atoms with Gasteiger partial charge >= 0.3 is 0 Å². The summed E-state index contributed by atoms with van der Waals surface area (Å²) in [7, 11) is 0. The van der Waals surface area contributed by atoms with Crippen LogP contribution in [0.15, 0.2) is 24.3 Å². The topological polar surface area (TPSA) is 38.1 Å². The molecule has 1 aliphatic heterocycles. The first kappa shape index (κ1) is 13.7. The predicted octanol–water partition coefficient (Wildman–Crippen LogP) is 2.39. The molecule has 0 unspecified atom stereocenters. The maximum absolute atomic E-state index is 12.1. The third-order valence-corrected chi connectivity index (χ3v) is 4.08. The van der Waals surface area contributed by atoms with E-state index in [0.29, 0.717) is 13.0 Å². The number of hydrogen-bond acceptors (Lipinski definition) is 2. The second kappa shape index (κ2) is 5.25. The Bertz CT molecular complexity index is 723. The maximum atomic E-state index is 12.1. The van der Waals surface area contributed by atoms with Gasteiger partial charge in [-0.3, -0.25) is 4.79 Å². The Labute approximate surface area is 124 Å². The first-order valence-electron chi connectivity index (χ1n) is 7.30. The van der Waals surface area contributed by atoms with Crippen LogP contribution in [0.4, 0.5) is 0 Å². The van der Waals surface area contributed by atoms with Crippen LogP contribution in [0, 0.1) is 12.3 Å². The van der Waals surface area contributed by atoms with E-state index in [1.807, 2.05) is 43.0 Å². The molecule has 1 aromatic carbocycles. The molecule has 108 valence electrons. The van der Waals surface area contributed by atoms with E-state index in [1.54, 1.807) is 0 Å². The number of rotatable bonds is 3. The fourth-order valence-electron chi connectivity index (χ4n) is 3.07. The molecule has 0 spiro atoms. The van der Waals surface area contributed by atoms with E-state index in [4.69, 9.17) is 11.4 Å². The highest BCUT2D eigenvalue weighted by atomic mass is 16.2. The second-order valence-electron chi connectivity index (χ2n) is 5.79. The molecular formula is C17H19N3O. The van der Waals surface area contributed by atoms with E-state index in [9.17, 15) is 4.79 Å². The van der Waals surface area contributed by atoms with E-state index in [0.717, 1.165) is 23.4 Å². The van der Waals surface area contributed by atoms with Crippen LogP contribution in [-0.2, 0) is 11.3 Å². The maximum Gasteiger partial charge on any atom is 0.223 e. The van der Waals surface area contributed by atoms with Gasteiger partial charge in [0.15, 0.2) is 0 Å². The Morgan fingerprint density at radius 2 is 2.19 bits per heavy atom. The zero-order valence-electron chi connectivity index (χ0n) is 12.4. The molecule has 3 rings (SSSR count). The van der Waals surface area contributed by atoms with Gasteiger partial charge in [0.25, 0.3) is 0 Å². The highest BCUT2D eigenvalue weighted by Gasteiger charge is 2.34. The molecule has 4 nitrogen and oxygen atoms in total. The molecule has 21 heavy (non-hydrogen) atoms. The minimum absolute atomic E-state index is 0.126. The number of hydrogen-bond donors (Lipinski definition) is 0. The number of terminal acetylenes is 1. The van der Waals surface area contributed by atoms with Crippen molar-refractivity contribution in [3.05, 3.63) is 30.1 Å². The SMILES string of the molecule is C#CCn1c([C@H]2CC(=O)N(C(C)C)C2)nc2ccccc21. The molecule has 1 aliphatic rings. The quantitative estimate of drug-likeness (QED) is 0.810. The number of carbonyl (C=O) groups is 1. The number of amides is 1. The van der Waals surface area contributed by atoms with E-state index in [2.05, 4.69) is 10.5 Å². The zero-order chi connectivity index (χ0) is 15.0. The first-order valence-corrected chi connectivity index (χ1v) is 7.30. The summed E-state index contributed by atoms with van der Waals surface area (Å²) in [5, 5.41) is 0. The Hall–Kier alpha value is -2.28. The van der Waals surface area contributed by atoms with Crippen LogP contribution < -0.4 is 0 Å². The molecule has 0 radical (unpaired) electrons. The van der Waals surface area contributed by atoms with E-state index in [1.165, 1.54) is 0 Å². The number of carbonyl (C=O) groups excluding carboxylic acids is 1. The molecule has 0 N–H and O–H groups in total. The molecule has 1 atom stereocenters. The highest BCUT2D eigenvalue weighted by molar-refractivity contribution is 5.81. The van der Waals surface area contributed by atoms with Crippen LogP contribution >= 0.6 is 0 Å². The number of likely N-dealkylation sites (tertiary alicyclic amines) is 1. The lowest BCUT2D eigenvalue weighted by molar-refractivity contribution is -0.129. The van der Waals surface area contributed by atoms with Gasteiger partial charge in [-0.2, -0.15) is 0 Å². The minimum atomic E-state index is 0.126. The normalized spacial score (nSPS) is 18.7. The van der Waals surface area contributed by atoms with Crippen molar-refractivity contribution in [1.82, 2.24) is 14.5 Å². The van der Waals surface area contributed by atoms with Crippen LogP contribution in [0.1, 0.15) is 32.0 Å². The Morgan fingerprint density at radius 1 is 1.43 bits per heavy atom. The molecule has 2 aromatic rings. The molecule has 0 saturated carbocycles. The molecule has 2 heterocycles. The smallest absolute Gasteiger partial charge is 0.223 e. The van der Waals surface area contributed by atoms with Crippen molar-refractivity contribution in [1.29, 1.82) is 0 Å². The van der Waals surface area contributed by atoms with Crippen LogP contribution in [0.5, 0.6) is 0 Å². The van der Waals surface area contributed by atoms with Crippen LogP contribution in [0.25, 0.3) is 11.0 Å². The average molecular weight is 281 g/mol. The molecule has 0 bridgehead atoms. The molecule has 1 aromatic heterocycles. The monoisotopic (exact) mass is 281 g/mol. The van der Waals surface area contributed by atoms with Crippen LogP contribution in [0.2, 0.25) is 0 Å². The fourth-order valence-corrected chi connectivity index (χ4v) is 3.07. The number of nitrogens with zero attached hydrogens (tertiary/aromatic N) is 3. The number of imidazole rings is 1. The number of aromatic nitrogens is 2. The third-order valence-electron chi connectivity index (χ3n) is 4.08. The Kier molecular flexibility index (Phi) is 3.42. The Morgan fingerprint density at radius 3 is 2.86 bits per heavy atom. The summed E-state index contributed by atoms with van der Waals surface area (Å²) in [5.41, 5.74) is 1.99. The summed E-state index contributed by atoms with van der Waals surface area (Å²) in [5.74, 6) is 3.96. The summed E-state index contributed by atoms with van der Waals surface area (Å²) in [4.78, 5) is 18.8. The highest BCUT2D eigenvalue weighted by Crippen LogP contribution is 2.31. The summed E-state index contributed by atoms with van der Waals surface area (Å²) in [6.45, 7) is 5.31. The van der Waals surface area contributed by atoms with Crippen molar-refractivity contribution < 1.29 is 4.79 Å². The lowest BCUT2D eigenvalue weighted by atomic mass is 10.1. The zero-order valence-corrected chi connectivity index (χ0v) is 12.4. The number of fused-ring (bicyclic) bond motifs is 1. The first-order chi connectivity index (χ1) is 10.1. The summed E-state index contributed by atoms with van der Waals surface area (Å²) in [6.07, 6.45) is 6.03. The van der Waals surface area contributed by atoms with Crippen molar-refractivity contribution in [3.8, 4) is 12.3 Å². The van der Waals surface area contributed by atoms with E-state index < -0.39 is 0 Å². The molecule has 0 aliphatic carbocycles. The fraction of sp³-hybridized carbons (Fsp3) is 0.412. The van der Waals surface area contributed by atoms with Gasteiger partial charge in [-0.15, -0.1) is 6.42 Å². The average Bonchev–Trinajstić information content (AvgIpc) is 3.01. The Balaban J connectivity index is 2.03. The van der Waals surface area contributed by atoms with Gasteiger partial charge < -0.3 is 9.47 Å². The number of benzene rings is 1.